The van der Waals surface area contributed by atoms with Crippen molar-refractivity contribution in [2.45, 2.75) is 0 Å². The molecule has 0 aliphatic carbocycles. The van der Waals surface area contributed by atoms with Crippen molar-refractivity contribution < 1.29 is 37.6 Å². The fourth-order valence-electron chi connectivity index (χ4n) is 0. The SMILES string of the molecule is O=C([O-])CO.[Fe+3].[O-2]. The third-order valence-electron chi connectivity index (χ3n) is 0.129. The van der Waals surface area contributed by atoms with Crippen LogP contribution in [0.5, 0.6) is 0 Å². The standard InChI is InChI=1S/C2H4O3.Fe.O/c3-1-2(4)5;;/h3H,1H2,(H,4,5);;/q;+3;-2/p-1. The molecule has 0 saturated carbocycles. The van der Waals surface area contributed by atoms with Crippen molar-refractivity contribution in [3.05, 3.63) is 0 Å². The van der Waals surface area contributed by atoms with Gasteiger partial charge in [0, 0.05) is 0 Å². The van der Waals surface area contributed by atoms with Crippen molar-refractivity contribution in [2.75, 3.05) is 6.61 Å². The van der Waals surface area contributed by atoms with E-state index in [2.05, 4.69) is 0 Å². The number of aliphatic hydroxyl groups excluding tert-OH is 1. The van der Waals surface area contributed by atoms with Crippen molar-refractivity contribution in [1.82, 2.24) is 0 Å². The van der Waals surface area contributed by atoms with Gasteiger partial charge in [-0.1, -0.05) is 0 Å². The first-order chi connectivity index (χ1) is 2.27. The van der Waals surface area contributed by atoms with Gasteiger partial charge in [0.25, 0.3) is 0 Å². The zero-order valence-corrected chi connectivity index (χ0v) is 4.34. The minimum absolute atomic E-state index is 0. The number of carboxylic acid groups (broad SMARTS) is 1. The molecule has 0 aliphatic heterocycles. The number of carboxylic acids is 1. The average Bonchev–Trinajstić information content (AvgIpc) is 1.38. The summed E-state index contributed by atoms with van der Waals surface area (Å²) in [6.07, 6.45) is 0. The van der Waals surface area contributed by atoms with E-state index < -0.39 is 12.6 Å². The molecule has 0 aromatic heterocycles. The summed E-state index contributed by atoms with van der Waals surface area (Å²) in [5, 5.41) is 16.5. The van der Waals surface area contributed by atoms with Crippen LogP contribution in [0.4, 0.5) is 0 Å². The van der Waals surface area contributed by atoms with Gasteiger partial charge in [0.05, 0.1) is 12.6 Å². The maximum absolute atomic E-state index is 9.01. The van der Waals surface area contributed by atoms with Gasteiger partial charge in [0.1, 0.15) is 0 Å². The van der Waals surface area contributed by atoms with E-state index in [1.54, 1.807) is 0 Å². The van der Waals surface area contributed by atoms with E-state index in [9.17, 15) is 0 Å². The second-order valence-electron chi connectivity index (χ2n) is 0.530. The predicted octanol–water partition coefficient (Wildman–Crippen LogP) is -2.39. The van der Waals surface area contributed by atoms with Crippen LogP contribution < -0.4 is 5.11 Å². The van der Waals surface area contributed by atoms with Crippen molar-refractivity contribution in [3.63, 3.8) is 0 Å². The van der Waals surface area contributed by atoms with Crippen LogP contribution in [0.25, 0.3) is 0 Å². The Hall–Kier alpha value is -0.0905. The van der Waals surface area contributed by atoms with E-state index in [1.807, 2.05) is 0 Å². The van der Waals surface area contributed by atoms with Crippen molar-refractivity contribution in [3.8, 4) is 0 Å². The smallest absolute Gasteiger partial charge is 2.00 e. The Balaban J connectivity index is -0.0000000800. The number of hydrogen-bond acceptors (Lipinski definition) is 3. The molecular formula is C2H3FeO4. The van der Waals surface area contributed by atoms with Gasteiger partial charge in [-0.05, 0) is 0 Å². The Kier molecular flexibility index (Phi) is 21.0. The summed E-state index contributed by atoms with van der Waals surface area (Å²) in [6.45, 7) is -0.889. The van der Waals surface area contributed by atoms with Gasteiger partial charge < -0.3 is 20.5 Å². The van der Waals surface area contributed by atoms with E-state index in [-0.39, 0.29) is 22.5 Å². The molecular weight excluding hydrogens is 144 g/mol. The molecule has 0 atom stereocenters. The third-order valence-corrected chi connectivity index (χ3v) is 0.129. The summed E-state index contributed by atoms with van der Waals surface area (Å²) in [6, 6.07) is 0. The Morgan fingerprint density at radius 2 is 1.86 bits per heavy atom. The van der Waals surface area contributed by atoms with Crippen LogP contribution in [-0.4, -0.2) is 17.7 Å². The first-order valence-corrected chi connectivity index (χ1v) is 1.08. The molecule has 7 heavy (non-hydrogen) atoms. The predicted molar refractivity (Wildman–Crippen MR) is 12.8 cm³/mol. The number of carbonyl (C=O) groups is 1. The summed E-state index contributed by atoms with van der Waals surface area (Å²) < 4.78 is 0. The van der Waals surface area contributed by atoms with Gasteiger partial charge in [-0.3, -0.25) is 0 Å². The van der Waals surface area contributed by atoms with Crippen molar-refractivity contribution in [2.24, 2.45) is 0 Å². The number of hydrogen-bond donors (Lipinski definition) is 1. The van der Waals surface area contributed by atoms with Gasteiger partial charge in [-0.15, -0.1) is 0 Å². The molecule has 0 aliphatic rings. The molecule has 0 amide bonds. The van der Waals surface area contributed by atoms with Crippen molar-refractivity contribution in [1.29, 1.82) is 0 Å². The van der Waals surface area contributed by atoms with Crippen molar-refractivity contribution >= 4 is 5.97 Å². The molecule has 0 fully saturated rings. The Bertz CT molecular complexity index is 45.0. The van der Waals surface area contributed by atoms with E-state index in [0.29, 0.717) is 0 Å². The molecule has 0 rings (SSSR count). The summed E-state index contributed by atoms with van der Waals surface area (Å²) in [5.41, 5.74) is 0. The molecule has 0 aromatic rings. The van der Waals surface area contributed by atoms with Gasteiger partial charge in [0.2, 0.25) is 0 Å². The maximum Gasteiger partial charge on any atom is 3.00 e. The summed E-state index contributed by atoms with van der Waals surface area (Å²) >= 11 is 0. The maximum atomic E-state index is 9.01. The van der Waals surface area contributed by atoms with Crippen LogP contribution >= 0.6 is 0 Å². The first kappa shape index (κ1) is 15.8. The van der Waals surface area contributed by atoms with Gasteiger partial charge in [-0.25, -0.2) is 0 Å². The largest absolute Gasteiger partial charge is 3.00 e. The summed E-state index contributed by atoms with van der Waals surface area (Å²) in [5.74, 6) is -1.44. The van der Waals surface area contributed by atoms with E-state index in [1.165, 1.54) is 0 Å². The molecule has 0 aromatic carbocycles. The minimum Gasteiger partial charge on any atom is -2.00 e. The molecule has 4 nitrogen and oxygen atoms in total. The number of aliphatic carboxylic acids is 1. The number of aliphatic hydroxyl groups is 1. The fraction of sp³-hybridized carbons (Fsp3) is 0.500. The second-order valence-corrected chi connectivity index (χ2v) is 0.530. The topological polar surface area (TPSA) is 88.9 Å². The first-order valence-electron chi connectivity index (χ1n) is 1.08. The zero-order chi connectivity index (χ0) is 4.28. The quantitative estimate of drug-likeness (QED) is 0.419. The Labute approximate surface area is 50.9 Å². The minimum atomic E-state index is -1.44. The summed E-state index contributed by atoms with van der Waals surface area (Å²) in [4.78, 5) is 9.01. The van der Waals surface area contributed by atoms with Crippen LogP contribution in [0.3, 0.4) is 0 Å². The van der Waals surface area contributed by atoms with Crippen LogP contribution in [0.2, 0.25) is 0 Å². The monoisotopic (exact) mass is 147 g/mol. The second kappa shape index (κ2) is 9.32. The third kappa shape index (κ3) is 24.8. The number of rotatable bonds is 1. The Morgan fingerprint density at radius 3 is 1.86 bits per heavy atom. The van der Waals surface area contributed by atoms with Crippen LogP contribution in [0.15, 0.2) is 0 Å². The molecule has 0 heterocycles. The van der Waals surface area contributed by atoms with Gasteiger partial charge >= 0.3 is 17.1 Å². The average molecular weight is 147 g/mol. The van der Waals surface area contributed by atoms with Crippen LogP contribution in [-0.2, 0) is 27.3 Å². The fourth-order valence-corrected chi connectivity index (χ4v) is 0. The molecule has 0 unspecified atom stereocenters. The van der Waals surface area contributed by atoms with Gasteiger partial charge in [0.15, 0.2) is 0 Å². The molecule has 1 N–H and O–H groups in total. The summed E-state index contributed by atoms with van der Waals surface area (Å²) in [7, 11) is 0. The number of carbonyl (C=O) groups excluding carboxylic acids is 1. The van der Waals surface area contributed by atoms with E-state index in [0.717, 1.165) is 0 Å². The molecule has 0 saturated heterocycles. The Morgan fingerprint density at radius 1 is 1.71 bits per heavy atom. The molecule has 0 spiro atoms. The van der Waals surface area contributed by atoms with Crippen LogP contribution in [0, 0.1) is 0 Å². The molecule has 1 radical (unpaired) electrons. The van der Waals surface area contributed by atoms with Crippen LogP contribution in [0.1, 0.15) is 0 Å². The molecule has 43 valence electrons. The normalized spacial score (nSPS) is 5.29. The van der Waals surface area contributed by atoms with Gasteiger partial charge in [-0.2, -0.15) is 0 Å². The van der Waals surface area contributed by atoms with E-state index >= 15 is 0 Å². The molecule has 5 heteroatoms. The zero-order valence-electron chi connectivity index (χ0n) is 3.23. The van der Waals surface area contributed by atoms with E-state index in [4.69, 9.17) is 15.0 Å². The molecule has 0 bridgehead atoms.